The highest BCUT2D eigenvalue weighted by Gasteiger charge is 2.21. The number of aryl methyl sites for hydroxylation is 1. The van der Waals surface area contributed by atoms with Crippen LogP contribution in [0.15, 0.2) is 42.5 Å². The Hall–Kier alpha value is -2.69. The minimum Gasteiger partial charge on any atom is -0.496 e. The molecule has 1 aliphatic heterocycles. The summed E-state index contributed by atoms with van der Waals surface area (Å²) >= 11 is 0. The highest BCUT2D eigenvalue weighted by molar-refractivity contribution is 5.78. The Morgan fingerprint density at radius 1 is 1.25 bits per heavy atom. The summed E-state index contributed by atoms with van der Waals surface area (Å²) in [4.78, 5) is 12.1. The fourth-order valence-electron chi connectivity index (χ4n) is 2.69. The van der Waals surface area contributed by atoms with Crippen LogP contribution < -0.4 is 19.5 Å². The maximum absolute atomic E-state index is 12.1. The van der Waals surface area contributed by atoms with Crippen LogP contribution in [0.4, 0.5) is 0 Å². The number of para-hydroxylation sites is 2. The van der Waals surface area contributed by atoms with E-state index in [2.05, 4.69) is 5.32 Å². The molecule has 0 bridgehead atoms. The number of hydrogen-bond acceptors (Lipinski definition) is 4. The number of nitrogens with one attached hydrogen (secondary N) is 1. The molecule has 1 amide bonds. The van der Waals surface area contributed by atoms with Crippen LogP contribution in [-0.2, 0) is 11.2 Å². The lowest BCUT2D eigenvalue weighted by atomic mass is 10.1. The van der Waals surface area contributed by atoms with Crippen LogP contribution in [0.1, 0.15) is 11.1 Å². The Morgan fingerprint density at radius 2 is 2.04 bits per heavy atom. The fourth-order valence-corrected chi connectivity index (χ4v) is 2.69. The molecule has 24 heavy (non-hydrogen) atoms. The zero-order valence-electron chi connectivity index (χ0n) is 13.9. The van der Waals surface area contributed by atoms with Crippen LogP contribution in [0.3, 0.4) is 0 Å². The first-order valence-electron chi connectivity index (χ1n) is 7.94. The van der Waals surface area contributed by atoms with Crippen molar-refractivity contribution in [1.82, 2.24) is 5.32 Å². The predicted molar refractivity (Wildman–Crippen MR) is 90.8 cm³/mol. The van der Waals surface area contributed by atoms with Gasteiger partial charge in [-0.1, -0.05) is 24.3 Å². The zero-order valence-corrected chi connectivity index (χ0v) is 13.9. The van der Waals surface area contributed by atoms with Crippen molar-refractivity contribution in [2.45, 2.75) is 19.4 Å². The van der Waals surface area contributed by atoms with Gasteiger partial charge in [0.25, 0.3) is 0 Å². The molecule has 5 heteroatoms. The molecule has 1 atom stereocenters. The van der Waals surface area contributed by atoms with E-state index in [1.165, 1.54) is 0 Å². The Kier molecular flexibility index (Phi) is 4.89. The highest BCUT2D eigenvalue weighted by Crippen LogP contribution is 2.30. The van der Waals surface area contributed by atoms with Gasteiger partial charge >= 0.3 is 0 Å². The maximum Gasteiger partial charge on any atom is 0.224 e. The van der Waals surface area contributed by atoms with Gasteiger partial charge in [-0.25, -0.2) is 0 Å². The van der Waals surface area contributed by atoms with Crippen molar-refractivity contribution in [3.63, 3.8) is 0 Å². The van der Waals surface area contributed by atoms with Crippen molar-refractivity contribution in [2.24, 2.45) is 0 Å². The summed E-state index contributed by atoms with van der Waals surface area (Å²) in [6.07, 6.45) is 0.149. The summed E-state index contributed by atoms with van der Waals surface area (Å²) in [5, 5.41) is 2.90. The summed E-state index contributed by atoms with van der Waals surface area (Å²) < 4.78 is 16.7. The summed E-state index contributed by atoms with van der Waals surface area (Å²) in [5.74, 6) is 2.25. The van der Waals surface area contributed by atoms with Gasteiger partial charge in [-0.3, -0.25) is 4.79 Å². The Balaban J connectivity index is 1.50. The number of carbonyl (C=O) groups is 1. The molecule has 2 aromatic rings. The molecule has 0 unspecified atom stereocenters. The van der Waals surface area contributed by atoms with Gasteiger partial charge in [0.15, 0.2) is 11.5 Å². The van der Waals surface area contributed by atoms with Gasteiger partial charge in [0.05, 0.1) is 20.1 Å². The molecule has 0 aliphatic carbocycles. The average molecular weight is 327 g/mol. The van der Waals surface area contributed by atoms with E-state index in [0.29, 0.717) is 25.3 Å². The van der Waals surface area contributed by atoms with Gasteiger partial charge in [0, 0.05) is 0 Å². The van der Waals surface area contributed by atoms with Crippen molar-refractivity contribution in [1.29, 1.82) is 0 Å². The predicted octanol–water partition coefficient (Wildman–Crippen LogP) is 2.50. The summed E-state index contributed by atoms with van der Waals surface area (Å²) in [5.41, 5.74) is 1.97. The molecule has 0 radical (unpaired) electrons. The topological polar surface area (TPSA) is 56.8 Å². The molecule has 5 nitrogen and oxygen atoms in total. The van der Waals surface area contributed by atoms with Crippen LogP contribution in [-0.4, -0.2) is 32.3 Å². The van der Waals surface area contributed by atoms with Gasteiger partial charge in [-0.05, 0) is 36.2 Å². The second kappa shape index (κ2) is 7.25. The number of methoxy groups -OCH3 is 1. The average Bonchev–Trinajstić information content (AvgIpc) is 2.60. The molecule has 1 heterocycles. The Labute approximate surface area is 141 Å². The molecule has 126 valence electrons. The van der Waals surface area contributed by atoms with E-state index in [0.717, 1.165) is 22.6 Å². The van der Waals surface area contributed by atoms with E-state index in [9.17, 15) is 4.79 Å². The van der Waals surface area contributed by atoms with E-state index < -0.39 is 0 Å². The Bertz CT molecular complexity index is 729. The maximum atomic E-state index is 12.1. The van der Waals surface area contributed by atoms with E-state index in [1.54, 1.807) is 7.11 Å². The number of ether oxygens (including phenoxy) is 3. The molecule has 2 aromatic carbocycles. The molecule has 0 aromatic heterocycles. The quantitative estimate of drug-likeness (QED) is 0.917. The molecular weight excluding hydrogens is 306 g/mol. The monoisotopic (exact) mass is 327 g/mol. The smallest absolute Gasteiger partial charge is 0.224 e. The summed E-state index contributed by atoms with van der Waals surface area (Å²) in [6.45, 7) is 2.81. The van der Waals surface area contributed by atoms with E-state index in [4.69, 9.17) is 14.2 Å². The van der Waals surface area contributed by atoms with Gasteiger partial charge in [-0.2, -0.15) is 0 Å². The van der Waals surface area contributed by atoms with Crippen molar-refractivity contribution in [2.75, 3.05) is 20.3 Å². The van der Waals surface area contributed by atoms with Crippen LogP contribution in [0.5, 0.6) is 17.2 Å². The van der Waals surface area contributed by atoms with E-state index in [1.807, 2.05) is 49.4 Å². The second-order valence-electron chi connectivity index (χ2n) is 5.78. The van der Waals surface area contributed by atoms with Crippen LogP contribution in [0.25, 0.3) is 0 Å². The van der Waals surface area contributed by atoms with Crippen LogP contribution >= 0.6 is 0 Å². The first-order chi connectivity index (χ1) is 11.7. The third-order valence-corrected chi connectivity index (χ3v) is 3.92. The lowest BCUT2D eigenvalue weighted by molar-refractivity contribution is -0.120. The fraction of sp³-hybridized carbons (Fsp3) is 0.316. The number of fused-ring (bicyclic) bond motifs is 1. The number of hydrogen-bond donors (Lipinski definition) is 1. The lowest BCUT2D eigenvalue weighted by Crippen LogP contribution is -2.41. The first-order valence-corrected chi connectivity index (χ1v) is 7.94. The van der Waals surface area contributed by atoms with Crippen molar-refractivity contribution in [3.05, 3.63) is 53.6 Å². The molecule has 0 saturated heterocycles. The molecule has 1 N–H and O–H groups in total. The number of benzene rings is 2. The van der Waals surface area contributed by atoms with Gasteiger partial charge in [0.1, 0.15) is 18.5 Å². The number of amides is 1. The van der Waals surface area contributed by atoms with Crippen molar-refractivity contribution >= 4 is 5.91 Å². The van der Waals surface area contributed by atoms with Crippen LogP contribution in [0, 0.1) is 6.92 Å². The minimum absolute atomic E-state index is 0.0398. The van der Waals surface area contributed by atoms with Gasteiger partial charge in [-0.15, -0.1) is 0 Å². The standard InChI is InChI=1S/C19H21NO4/c1-13-9-14(7-8-16(13)22-2)10-19(21)20-11-15-12-23-17-5-3-4-6-18(17)24-15/h3-9,15H,10-12H2,1-2H3,(H,20,21)/t15-/m1/s1. The van der Waals surface area contributed by atoms with Crippen molar-refractivity contribution in [3.8, 4) is 17.2 Å². The van der Waals surface area contributed by atoms with E-state index >= 15 is 0 Å². The van der Waals surface area contributed by atoms with E-state index in [-0.39, 0.29) is 12.0 Å². The minimum atomic E-state index is -0.179. The first kappa shape index (κ1) is 16.2. The van der Waals surface area contributed by atoms with Crippen LogP contribution in [0.2, 0.25) is 0 Å². The molecule has 3 rings (SSSR count). The second-order valence-corrected chi connectivity index (χ2v) is 5.78. The third kappa shape index (κ3) is 3.79. The number of rotatable bonds is 5. The summed E-state index contributed by atoms with van der Waals surface area (Å²) in [6, 6.07) is 13.3. The lowest BCUT2D eigenvalue weighted by Gasteiger charge is -2.26. The normalized spacial score (nSPS) is 15.7. The van der Waals surface area contributed by atoms with Gasteiger partial charge in [0.2, 0.25) is 5.91 Å². The molecule has 0 spiro atoms. The van der Waals surface area contributed by atoms with Crippen molar-refractivity contribution < 1.29 is 19.0 Å². The summed E-state index contributed by atoms with van der Waals surface area (Å²) in [7, 11) is 1.64. The number of carbonyl (C=O) groups excluding carboxylic acids is 1. The largest absolute Gasteiger partial charge is 0.496 e. The molecule has 0 saturated carbocycles. The zero-order chi connectivity index (χ0) is 16.9. The molecule has 1 aliphatic rings. The third-order valence-electron chi connectivity index (χ3n) is 3.92. The molecular formula is C19H21NO4. The SMILES string of the molecule is COc1ccc(CC(=O)NC[C@@H]2COc3ccccc3O2)cc1C. The Morgan fingerprint density at radius 3 is 2.79 bits per heavy atom. The van der Waals surface area contributed by atoms with Gasteiger partial charge < -0.3 is 19.5 Å². The molecule has 0 fully saturated rings. The highest BCUT2D eigenvalue weighted by atomic mass is 16.6.